The lowest BCUT2D eigenvalue weighted by Gasteiger charge is -2.18. The molecule has 0 atom stereocenters. The van der Waals surface area contributed by atoms with Crippen LogP contribution in [0.25, 0.3) is 0 Å². The van der Waals surface area contributed by atoms with Crippen LogP contribution in [0.2, 0.25) is 5.02 Å². The number of nitrogens with one attached hydrogen (secondary N) is 1. The van der Waals surface area contributed by atoms with E-state index < -0.39 is 12.0 Å². The van der Waals surface area contributed by atoms with Gasteiger partial charge in [0.15, 0.2) is 0 Å². The molecule has 0 aliphatic carbocycles. The summed E-state index contributed by atoms with van der Waals surface area (Å²) in [5.74, 6) is -0.318. The fourth-order valence-corrected chi connectivity index (χ4v) is 1.31. The number of rotatable bonds is 3. The highest BCUT2D eigenvalue weighted by atomic mass is 35.5. The van der Waals surface area contributed by atoms with Gasteiger partial charge in [0.1, 0.15) is 5.75 Å². The summed E-state index contributed by atoms with van der Waals surface area (Å²) < 4.78 is 28.2. The maximum Gasteiger partial charge on any atom is 0.387 e. The van der Waals surface area contributed by atoms with Crippen molar-refractivity contribution in [3.8, 4) is 5.75 Å². The first kappa shape index (κ1) is 14.7. The molecule has 0 radical (unpaired) electrons. The van der Waals surface area contributed by atoms with Crippen LogP contribution in [0.1, 0.15) is 20.8 Å². The molecule has 100 valence electrons. The second kappa shape index (κ2) is 5.52. The van der Waals surface area contributed by atoms with E-state index >= 15 is 0 Å². The minimum atomic E-state index is -2.93. The smallest absolute Gasteiger partial charge is 0.387 e. The molecule has 1 aromatic rings. The Balaban J connectivity index is 2.82. The third kappa shape index (κ3) is 4.14. The summed E-state index contributed by atoms with van der Waals surface area (Å²) in [6.45, 7) is 2.35. The van der Waals surface area contributed by atoms with Gasteiger partial charge in [-0.3, -0.25) is 4.79 Å². The maximum absolute atomic E-state index is 12.0. The van der Waals surface area contributed by atoms with Gasteiger partial charge in [0.05, 0.1) is 5.02 Å². The number of carbonyl (C=O) groups excluding carboxylic acids is 1. The number of halogens is 3. The summed E-state index contributed by atoms with van der Waals surface area (Å²) in [7, 11) is 0. The van der Waals surface area contributed by atoms with Crippen LogP contribution in [0.5, 0.6) is 5.75 Å². The topological polar surface area (TPSA) is 38.3 Å². The first-order valence-corrected chi connectivity index (χ1v) is 5.64. The molecule has 0 heterocycles. The van der Waals surface area contributed by atoms with E-state index in [1.54, 1.807) is 20.8 Å². The Morgan fingerprint density at radius 3 is 2.44 bits per heavy atom. The lowest BCUT2D eigenvalue weighted by Crippen LogP contribution is -2.27. The number of alkyl halides is 2. The zero-order valence-corrected chi connectivity index (χ0v) is 11.0. The molecule has 0 spiro atoms. The highest BCUT2D eigenvalue weighted by Gasteiger charge is 2.21. The number of carbonyl (C=O) groups is 1. The molecule has 6 heteroatoms. The lowest BCUT2D eigenvalue weighted by atomic mass is 9.95. The first-order chi connectivity index (χ1) is 8.20. The number of anilines is 1. The molecule has 0 saturated heterocycles. The number of amides is 1. The van der Waals surface area contributed by atoms with Crippen molar-refractivity contribution < 1.29 is 18.3 Å². The van der Waals surface area contributed by atoms with Crippen molar-refractivity contribution in [2.45, 2.75) is 27.4 Å². The number of benzene rings is 1. The fourth-order valence-electron chi connectivity index (χ4n) is 1.09. The van der Waals surface area contributed by atoms with Gasteiger partial charge in [-0.25, -0.2) is 0 Å². The molecule has 1 rings (SSSR count). The predicted molar refractivity (Wildman–Crippen MR) is 66.2 cm³/mol. The van der Waals surface area contributed by atoms with Gasteiger partial charge >= 0.3 is 6.61 Å². The molecule has 1 amide bonds. The van der Waals surface area contributed by atoms with Crippen LogP contribution in [0.15, 0.2) is 18.2 Å². The summed E-state index contributed by atoms with van der Waals surface area (Å²) in [5.41, 5.74) is -0.119. The lowest BCUT2D eigenvalue weighted by molar-refractivity contribution is -0.123. The molecule has 1 N–H and O–H groups in total. The van der Waals surface area contributed by atoms with Crippen LogP contribution in [-0.2, 0) is 4.79 Å². The van der Waals surface area contributed by atoms with E-state index in [2.05, 4.69) is 10.1 Å². The maximum atomic E-state index is 12.0. The molecular formula is C12H14ClF2NO2. The van der Waals surface area contributed by atoms with E-state index in [0.717, 1.165) is 0 Å². The van der Waals surface area contributed by atoms with E-state index in [9.17, 15) is 13.6 Å². The zero-order valence-electron chi connectivity index (χ0n) is 10.3. The minimum Gasteiger partial charge on any atom is -0.433 e. The van der Waals surface area contributed by atoms with E-state index in [1.165, 1.54) is 18.2 Å². The van der Waals surface area contributed by atoms with Crippen LogP contribution in [0, 0.1) is 5.41 Å². The molecule has 0 saturated carbocycles. The normalized spacial score (nSPS) is 11.5. The van der Waals surface area contributed by atoms with Crippen molar-refractivity contribution in [2.24, 2.45) is 5.41 Å². The minimum absolute atomic E-state index is 0.0157. The number of ether oxygens (including phenoxy) is 1. The van der Waals surface area contributed by atoms with Gasteiger partial charge in [-0.1, -0.05) is 32.4 Å². The van der Waals surface area contributed by atoms with Crippen LogP contribution in [0.3, 0.4) is 0 Å². The van der Waals surface area contributed by atoms with Crippen molar-refractivity contribution in [2.75, 3.05) is 5.32 Å². The van der Waals surface area contributed by atoms with Gasteiger partial charge in [0.2, 0.25) is 5.91 Å². The summed E-state index contributed by atoms with van der Waals surface area (Å²) in [6.07, 6.45) is 0. The highest BCUT2D eigenvalue weighted by molar-refractivity contribution is 6.32. The second-order valence-corrected chi connectivity index (χ2v) is 5.14. The third-order valence-corrected chi connectivity index (χ3v) is 2.38. The van der Waals surface area contributed by atoms with E-state index in [4.69, 9.17) is 11.6 Å². The summed E-state index contributed by atoms with van der Waals surface area (Å²) in [4.78, 5) is 11.7. The molecule has 0 aromatic heterocycles. The zero-order chi connectivity index (χ0) is 13.9. The molecule has 0 fully saturated rings. The molecule has 1 aromatic carbocycles. The summed E-state index contributed by atoms with van der Waals surface area (Å²) in [6, 6.07) is 4.10. The molecule has 0 aliphatic heterocycles. The second-order valence-electron chi connectivity index (χ2n) is 4.73. The Labute approximate surface area is 109 Å². The van der Waals surface area contributed by atoms with Crippen molar-refractivity contribution in [1.82, 2.24) is 0 Å². The van der Waals surface area contributed by atoms with Crippen molar-refractivity contribution in [3.63, 3.8) is 0 Å². The number of hydrogen-bond donors (Lipinski definition) is 1. The molecule has 18 heavy (non-hydrogen) atoms. The van der Waals surface area contributed by atoms with Gasteiger partial charge in [-0.05, 0) is 18.2 Å². The van der Waals surface area contributed by atoms with Gasteiger partial charge in [-0.2, -0.15) is 8.78 Å². The Bertz CT molecular complexity index is 444. The Hall–Kier alpha value is -1.36. The van der Waals surface area contributed by atoms with Crippen molar-refractivity contribution in [1.29, 1.82) is 0 Å². The Morgan fingerprint density at radius 1 is 1.39 bits per heavy atom. The monoisotopic (exact) mass is 277 g/mol. The highest BCUT2D eigenvalue weighted by Crippen LogP contribution is 2.29. The van der Waals surface area contributed by atoms with Crippen molar-refractivity contribution in [3.05, 3.63) is 23.2 Å². The SMILES string of the molecule is CC(C)(C)C(=O)Nc1ccc(OC(F)F)c(Cl)c1. The van der Waals surface area contributed by atoms with E-state index in [-0.39, 0.29) is 16.7 Å². The van der Waals surface area contributed by atoms with E-state index in [1.807, 2.05) is 0 Å². The molecular weight excluding hydrogens is 264 g/mol. The largest absolute Gasteiger partial charge is 0.433 e. The average Bonchev–Trinajstić information content (AvgIpc) is 2.20. The van der Waals surface area contributed by atoms with Crippen LogP contribution >= 0.6 is 11.6 Å². The standard InChI is InChI=1S/C12H14ClF2NO2/c1-12(2,3)10(17)16-7-4-5-9(8(13)6-7)18-11(14)15/h4-6,11H,1-3H3,(H,16,17). The average molecular weight is 278 g/mol. The van der Waals surface area contributed by atoms with Crippen molar-refractivity contribution >= 4 is 23.2 Å². The quantitative estimate of drug-likeness (QED) is 0.909. The Kier molecular flexibility index (Phi) is 4.51. The van der Waals surface area contributed by atoms with Gasteiger partial charge < -0.3 is 10.1 Å². The van der Waals surface area contributed by atoms with Crippen LogP contribution in [-0.4, -0.2) is 12.5 Å². The Morgan fingerprint density at radius 2 is 2.00 bits per heavy atom. The molecule has 3 nitrogen and oxygen atoms in total. The van der Waals surface area contributed by atoms with E-state index in [0.29, 0.717) is 5.69 Å². The first-order valence-electron chi connectivity index (χ1n) is 5.26. The number of hydrogen-bond acceptors (Lipinski definition) is 2. The third-order valence-electron chi connectivity index (χ3n) is 2.09. The van der Waals surface area contributed by atoms with Crippen LogP contribution in [0.4, 0.5) is 14.5 Å². The van der Waals surface area contributed by atoms with Gasteiger partial charge in [-0.15, -0.1) is 0 Å². The fraction of sp³-hybridized carbons (Fsp3) is 0.417. The van der Waals surface area contributed by atoms with Gasteiger partial charge in [0, 0.05) is 11.1 Å². The summed E-state index contributed by atoms with van der Waals surface area (Å²) >= 11 is 5.76. The van der Waals surface area contributed by atoms with Gasteiger partial charge in [0.25, 0.3) is 0 Å². The molecule has 0 unspecified atom stereocenters. The summed E-state index contributed by atoms with van der Waals surface area (Å²) in [5, 5.41) is 2.65. The predicted octanol–water partition coefficient (Wildman–Crippen LogP) is 3.93. The molecule has 0 bridgehead atoms. The molecule has 0 aliphatic rings. The van der Waals surface area contributed by atoms with Crippen LogP contribution < -0.4 is 10.1 Å².